The maximum absolute atomic E-state index is 12.1. The van der Waals surface area contributed by atoms with Gasteiger partial charge in [0.1, 0.15) is 6.61 Å². The molecule has 0 saturated carbocycles. The molecule has 0 amide bonds. The van der Waals surface area contributed by atoms with Crippen LogP contribution in [0.5, 0.6) is 0 Å². The molecule has 0 aliphatic rings. The molecule has 2 N–H and O–H groups in total. The number of aliphatic hydroxyl groups is 2. The number of allylic oxidation sites excluding steroid dienone is 8. The second kappa shape index (κ2) is 34.7. The molecule has 0 heterocycles. The van der Waals surface area contributed by atoms with E-state index in [-0.39, 0.29) is 25.2 Å². The Morgan fingerprint density at radius 2 is 1.02 bits per heavy atom. The van der Waals surface area contributed by atoms with Gasteiger partial charge in [0.05, 0.1) is 6.61 Å². The van der Waals surface area contributed by atoms with Crippen molar-refractivity contribution in [1.82, 2.24) is 0 Å². The average Bonchev–Trinajstić information content (AvgIpc) is 3.02. The third-order valence-corrected chi connectivity index (χ3v) is 7.61. The highest BCUT2D eigenvalue weighted by Crippen LogP contribution is 2.14. The first-order valence-electron chi connectivity index (χ1n) is 18.2. The van der Waals surface area contributed by atoms with E-state index in [0.717, 1.165) is 76.5 Å². The average molecular weight is 633 g/mol. The van der Waals surface area contributed by atoms with Gasteiger partial charge >= 0.3 is 11.9 Å². The Balaban J connectivity index is 3.69. The maximum Gasteiger partial charge on any atom is 0.306 e. The lowest BCUT2D eigenvalue weighted by molar-refractivity contribution is -0.161. The fraction of sp³-hybridized carbons (Fsp3) is 0.744. The lowest BCUT2D eigenvalue weighted by Crippen LogP contribution is -2.28. The van der Waals surface area contributed by atoms with E-state index in [2.05, 4.69) is 62.5 Å². The number of carbonyl (C=O) groups excluding carboxylic acids is 2. The highest BCUT2D eigenvalue weighted by molar-refractivity contribution is 5.70. The minimum absolute atomic E-state index is 0.102. The SMILES string of the molecule is CC(C)CCCCCCCCCCCCC(=O)O[C@@H](CO)COC(=O)CCC/C=C\C/C=C\C/C=C\C/C=C\CCCCCO. The van der Waals surface area contributed by atoms with Gasteiger partial charge in [0, 0.05) is 19.4 Å². The van der Waals surface area contributed by atoms with Crippen LogP contribution in [0.1, 0.15) is 155 Å². The van der Waals surface area contributed by atoms with Gasteiger partial charge in [0.15, 0.2) is 6.10 Å². The van der Waals surface area contributed by atoms with Crippen LogP contribution in [-0.4, -0.2) is 48.1 Å². The number of aliphatic hydroxyl groups excluding tert-OH is 2. The zero-order chi connectivity index (χ0) is 33.1. The standard InChI is InChI=1S/C39H68O6/c1-36(2)30-26-22-18-14-11-12-16-20-24-28-32-39(43)45-37(34-41)35-44-38(42)31-27-23-19-15-10-8-6-4-3-5-7-9-13-17-21-25-29-33-40/h3,5-6,8-9,13,15,19,36-37,40-41H,4,7,10-12,14,16-18,20-35H2,1-2H3/b5-3-,8-6-,13-9-,19-15-/t37-/m0/s1. The lowest BCUT2D eigenvalue weighted by atomic mass is 10.0. The number of esters is 2. The number of hydrogen-bond acceptors (Lipinski definition) is 6. The van der Waals surface area contributed by atoms with Crippen molar-refractivity contribution in [2.45, 2.75) is 161 Å². The predicted molar refractivity (Wildman–Crippen MR) is 188 cm³/mol. The second-order valence-electron chi connectivity index (χ2n) is 12.5. The number of hydrogen-bond donors (Lipinski definition) is 2. The highest BCUT2D eigenvalue weighted by atomic mass is 16.6. The summed E-state index contributed by atoms with van der Waals surface area (Å²) >= 11 is 0. The van der Waals surface area contributed by atoms with E-state index in [1.807, 2.05) is 0 Å². The van der Waals surface area contributed by atoms with Crippen molar-refractivity contribution < 1.29 is 29.3 Å². The number of ether oxygens (including phenoxy) is 2. The summed E-state index contributed by atoms with van der Waals surface area (Å²) in [4.78, 5) is 24.1. The molecule has 0 aromatic rings. The fourth-order valence-corrected chi connectivity index (χ4v) is 4.83. The topological polar surface area (TPSA) is 93.1 Å². The van der Waals surface area contributed by atoms with Crippen LogP contribution < -0.4 is 0 Å². The predicted octanol–water partition coefficient (Wildman–Crippen LogP) is 9.89. The van der Waals surface area contributed by atoms with Crippen molar-refractivity contribution in [2.75, 3.05) is 19.8 Å². The van der Waals surface area contributed by atoms with E-state index in [0.29, 0.717) is 25.9 Å². The smallest absolute Gasteiger partial charge is 0.306 e. The Bertz CT molecular complexity index is 782. The summed E-state index contributed by atoms with van der Waals surface area (Å²) in [5.74, 6) is 0.145. The second-order valence-corrected chi connectivity index (χ2v) is 12.5. The van der Waals surface area contributed by atoms with Gasteiger partial charge in [-0.3, -0.25) is 9.59 Å². The number of rotatable bonds is 32. The van der Waals surface area contributed by atoms with Gasteiger partial charge in [0.25, 0.3) is 0 Å². The van der Waals surface area contributed by atoms with Crippen LogP contribution in [0.25, 0.3) is 0 Å². The van der Waals surface area contributed by atoms with Gasteiger partial charge in [-0.25, -0.2) is 0 Å². The molecule has 0 spiro atoms. The van der Waals surface area contributed by atoms with Crippen molar-refractivity contribution in [2.24, 2.45) is 5.92 Å². The molecule has 0 aliphatic carbocycles. The molecule has 0 fully saturated rings. The first-order chi connectivity index (χ1) is 22.0. The molecule has 0 unspecified atom stereocenters. The van der Waals surface area contributed by atoms with E-state index < -0.39 is 6.10 Å². The van der Waals surface area contributed by atoms with Gasteiger partial charge in [0.2, 0.25) is 0 Å². The monoisotopic (exact) mass is 633 g/mol. The Morgan fingerprint density at radius 3 is 1.56 bits per heavy atom. The minimum Gasteiger partial charge on any atom is -0.462 e. The summed E-state index contributed by atoms with van der Waals surface area (Å²) in [6, 6.07) is 0. The summed E-state index contributed by atoms with van der Waals surface area (Å²) in [5.41, 5.74) is 0. The van der Waals surface area contributed by atoms with Crippen molar-refractivity contribution in [3.05, 3.63) is 48.6 Å². The van der Waals surface area contributed by atoms with Gasteiger partial charge in [-0.1, -0.05) is 133 Å². The molecule has 6 heteroatoms. The minimum atomic E-state index is -0.798. The van der Waals surface area contributed by atoms with Crippen molar-refractivity contribution in [1.29, 1.82) is 0 Å². The maximum atomic E-state index is 12.1. The normalized spacial score (nSPS) is 12.8. The van der Waals surface area contributed by atoms with Crippen LogP contribution in [-0.2, 0) is 19.1 Å². The molecule has 45 heavy (non-hydrogen) atoms. The summed E-state index contributed by atoms with van der Waals surface area (Å²) in [6.07, 6.45) is 39.0. The van der Waals surface area contributed by atoms with E-state index in [1.54, 1.807) is 0 Å². The zero-order valence-corrected chi connectivity index (χ0v) is 29.0. The quantitative estimate of drug-likeness (QED) is 0.0436. The number of carbonyl (C=O) groups is 2. The molecule has 6 nitrogen and oxygen atoms in total. The third-order valence-electron chi connectivity index (χ3n) is 7.61. The van der Waals surface area contributed by atoms with E-state index in [1.165, 1.54) is 51.4 Å². The molecular formula is C39H68O6. The largest absolute Gasteiger partial charge is 0.462 e. The lowest BCUT2D eigenvalue weighted by Gasteiger charge is -2.15. The molecule has 0 aromatic carbocycles. The molecule has 0 saturated heterocycles. The van der Waals surface area contributed by atoms with Gasteiger partial charge in [-0.2, -0.15) is 0 Å². The van der Waals surface area contributed by atoms with Crippen molar-refractivity contribution in [3.8, 4) is 0 Å². The first kappa shape index (κ1) is 42.8. The molecule has 0 bridgehead atoms. The third kappa shape index (κ3) is 34.5. The summed E-state index contributed by atoms with van der Waals surface area (Å²) in [6.45, 7) is 4.42. The van der Waals surface area contributed by atoms with Crippen LogP contribution in [0.3, 0.4) is 0 Å². The Hall–Kier alpha value is -2.18. The van der Waals surface area contributed by atoms with E-state index in [4.69, 9.17) is 14.6 Å². The van der Waals surface area contributed by atoms with E-state index in [9.17, 15) is 14.7 Å². The fourth-order valence-electron chi connectivity index (χ4n) is 4.83. The molecule has 260 valence electrons. The summed E-state index contributed by atoms with van der Waals surface area (Å²) in [7, 11) is 0. The highest BCUT2D eigenvalue weighted by Gasteiger charge is 2.16. The van der Waals surface area contributed by atoms with Crippen LogP contribution >= 0.6 is 0 Å². The molecule has 1 atom stereocenters. The van der Waals surface area contributed by atoms with Crippen LogP contribution in [0, 0.1) is 5.92 Å². The van der Waals surface area contributed by atoms with Crippen molar-refractivity contribution >= 4 is 11.9 Å². The molecule has 0 aliphatic heterocycles. The Kier molecular flexibility index (Phi) is 33.0. The molecular weight excluding hydrogens is 564 g/mol. The zero-order valence-electron chi connectivity index (χ0n) is 29.0. The summed E-state index contributed by atoms with van der Waals surface area (Å²) < 4.78 is 10.5. The Morgan fingerprint density at radius 1 is 0.556 bits per heavy atom. The van der Waals surface area contributed by atoms with E-state index >= 15 is 0 Å². The van der Waals surface area contributed by atoms with Gasteiger partial charge < -0.3 is 19.7 Å². The number of unbranched alkanes of at least 4 members (excludes halogenated alkanes) is 13. The van der Waals surface area contributed by atoms with Crippen LogP contribution in [0.15, 0.2) is 48.6 Å². The molecule has 0 radical (unpaired) electrons. The molecule has 0 rings (SSSR count). The summed E-state index contributed by atoms with van der Waals surface area (Å²) in [5, 5.41) is 18.3. The molecule has 0 aromatic heterocycles. The van der Waals surface area contributed by atoms with Gasteiger partial charge in [-0.05, 0) is 63.7 Å². The first-order valence-corrected chi connectivity index (χ1v) is 18.2. The van der Waals surface area contributed by atoms with Gasteiger partial charge in [-0.15, -0.1) is 0 Å². The van der Waals surface area contributed by atoms with Crippen LogP contribution in [0.4, 0.5) is 0 Å². The Labute approximate surface area is 276 Å². The van der Waals surface area contributed by atoms with Crippen LogP contribution in [0.2, 0.25) is 0 Å². The van der Waals surface area contributed by atoms with Crippen molar-refractivity contribution in [3.63, 3.8) is 0 Å².